The summed E-state index contributed by atoms with van der Waals surface area (Å²) in [5.41, 5.74) is 0. The molecule has 1 saturated heterocycles. The third-order valence-corrected chi connectivity index (χ3v) is 3.06. The van der Waals surface area contributed by atoms with E-state index in [9.17, 15) is 0 Å². The Bertz CT molecular complexity index is 124. The normalized spacial score (nSPS) is 41.7. The largest absolute Gasteiger partial charge is 0.269 e. The summed E-state index contributed by atoms with van der Waals surface area (Å²) < 4.78 is 0. The highest BCUT2D eigenvalue weighted by Gasteiger charge is 2.32. The minimum absolute atomic E-state index is 0.951. The summed E-state index contributed by atoms with van der Waals surface area (Å²) >= 11 is 0. The molecule has 2 fully saturated rings. The van der Waals surface area contributed by atoms with Crippen LogP contribution in [0.3, 0.4) is 0 Å². The maximum absolute atomic E-state index is 5.75. The molecule has 0 spiro atoms. The standard InChI is InChI=1S/C8H16N2/c9-10-5-1-2-7-3-4-8(7)6-10/h7-8H,1-6,9H2. The number of fused-ring (bicyclic) bond motifs is 1. The molecule has 1 saturated carbocycles. The second-order valence-corrected chi connectivity index (χ2v) is 3.73. The van der Waals surface area contributed by atoms with Gasteiger partial charge in [0.05, 0.1) is 0 Å². The van der Waals surface area contributed by atoms with Crippen molar-refractivity contribution in [3.63, 3.8) is 0 Å². The molecule has 2 unspecified atom stereocenters. The molecule has 2 N–H and O–H groups in total. The van der Waals surface area contributed by atoms with Crippen LogP contribution in [0, 0.1) is 11.8 Å². The van der Waals surface area contributed by atoms with Crippen molar-refractivity contribution >= 4 is 0 Å². The van der Waals surface area contributed by atoms with E-state index in [1.807, 2.05) is 5.01 Å². The second kappa shape index (κ2) is 2.51. The van der Waals surface area contributed by atoms with Gasteiger partial charge >= 0.3 is 0 Å². The van der Waals surface area contributed by atoms with Crippen molar-refractivity contribution in [3.05, 3.63) is 0 Å². The van der Waals surface area contributed by atoms with E-state index in [0.717, 1.165) is 24.9 Å². The predicted octanol–water partition coefficient (Wildman–Crippen LogP) is 0.982. The highest BCUT2D eigenvalue weighted by molar-refractivity contribution is 4.84. The number of nitrogens with zero attached hydrogens (tertiary/aromatic N) is 1. The molecular weight excluding hydrogens is 124 g/mol. The van der Waals surface area contributed by atoms with Crippen LogP contribution in [0.4, 0.5) is 0 Å². The van der Waals surface area contributed by atoms with Crippen molar-refractivity contribution in [2.45, 2.75) is 25.7 Å². The second-order valence-electron chi connectivity index (χ2n) is 3.73. The average molecular weight is 140 g/mol. The van der Waals surface area contributed by atoms with Crippen molar-refractivity contribution in [3.8, 4) is 0 Å². The molecular formula is C8H16N2. The van der Waals surface area contributed by atoms with Gasteiger partial charge in [-0.1, -0.05) is 0 Å². The summed E-state index contributed by atoms with van der Waals surface area (Å²) in [7, 11) is 0. The fourth-order valence-electron chi connectivity index (χ4n) is 2.21. The van der Waals surface area contributed by atoms with Gasteiger partial charge in [0.1, 0.15) is 0 Å². The van der Waals surface area contributed by atoms with Crippen molar-refractivity contribution in [2.75, 3.05) is 13.1 Å². The molecule has 0 radical (unpaired) electrons. The summed E-state index contributed by atoms with van der Waals surface area (Å²) in [6.45, 7) is 2.28. The monoisotopic (exact) mass is 140 g/mol. The van der Waals surface area contributed by atoms with Gasteiger partial charge in [-0.3, -0.25) is 5.84 Å². The van der Waals surface area contributed by atoms with Gasteiger partial charge in [0, 0.05) is 13.1 Å². The summed E-state index contributed by atoms with van der Waals surface area (Å²) in [6.07, 6.45) is 5.65. The Morgan fingerprint density at radius 1 is 1.10 bits per heavy atom. The fourth-order valence-corrected chi connectivity index (χ4v) is 2.21. The number of nitrogens with two attached hydrogens (primary N) is 1. The third-order valence-electron chi connectivity index (χ3n) is 3.06. The van der Waals surface area contributed by atoms with Crippen molar-refractivity contribution in [1.29, 1.82) is 0 Å². The first-order chi connectivity index (χ1) is 4.86. The molecule has 10 heavy (non-hydrogen) atoms. The van der Waals surface area contributed by atoms with E-state index in [-0.39, 0.29) is 0 Å². The fraction of sp³-hybridized carbons (Fsp3) is 1.00. The lowest BCUT2D eigenvalue weighted by Crippen LogP contribution is -2.38. The number of hydrogen-bond donors (Lipinski definition) is 1. The molecule has 1 aliphatic heterocycles. The first kappa shape index (κ1) is 6.62. The van der Waals surface area contributed by atoms with Gasteiger partial charge in [-0.15, -0.1) is 0 Å². The van der Waals surface area contributed by atoms with Gasteiger partial charge in [0.15, 0.2) is 0 Å². The first-order valence-corrected chi connectivity index (χ1v) is 4.36. The van der Waals surface area contributed by atoms with Crippen LogP contribution in [0.25, 0.3) is 0 Å². The topological polar surface area (TPSA) is 29.3 Å². The molecule has 2 rings (SSSR count). The van der Waals surface area contributed by atoms with E-state index >= 15 is 0 Å². The van der Waals surface area contributed by atoms with Crippen LogP contribution in [0.1, 0.15) is 25.7 Å². The number of rotatable bonds is 0. The van der Waals surface area contributed by atoms with Crippen LogP contribution in [-0.2, 0) is 0 Å². The Morgan fingerprint density at radius 3 is 2.60 bits per heavy atom. The van der Waals surface area contributed by atoms with Crippen LogP contribution in [0.2, 0.25) is 0 Å². The van der Waals surface area contributed by atoms with E-state index < -0.39 is 0 Å². The highest BCUT2D eigenvalue weighted by Crippen LogP contribution is 2.39. The van der Waals surface area contributed by atoms with Gasteiger partial charge in [0.25, 0.3) is 0 Å². The zero-order valence-corrected chi connectivity index (χ0v) is 6.42. The molecule has 2 heteroatoms. The molecule has 0 aromatic rings. The summed E-state index contributed by atoms with van der Waals surface area (Å²) in [5, 5.41) is 2.00. The van der Waals surface area contributed by atoms with E-state index in [2.05, 4.69) is 0 Å². The molecule has 0 amide bonds. The molecule has 58 valence electrons. The number of hydrogen-bond acceptors (Lipinski definition) is 2. The molecule has 1 heterocycles. The van der Waals surface area contributed by atoms with Gasteiger partial charge < -0.3 is 0 Å². The Labute approximate surface area is 62.4 Å². The smallest absolute Gasteiger partial charge is 0.0159 e. The van der Waals surface area contributed by atoms with Gasteiger partial charge in [-0.25, -0.2) is 5.01 Å². The lowest BCUT2D eigenvalue weighted by atomic mass is 9.72. The molecule has 0 aromatic carbocycles. The van der Waals surface area contributed by atoms with E-state index in [1.54, 1.807) is 0 Å². The van der Waals surface area contributed by atoms with E-state index in [4.69, 9.17) is 5.84 Å². The van der Waals surface area contributed by atoms with Crippen molar-refractivity contribution < 1.29 is 0 Å². The van der Waals surface area contributed by atoms with Crippen molar-refractivity contribution in [1.82, 2.24) is 5.01 Å². The summed E-state index contributed by atoms with van der Waals surface area (Å²) in [6, 6.07) is 0. The molecule has 0 bridgehead atoms. The molecule has 2 aliphatic rings. The lowest BCUT2D eigenvalue weighted by Gasteiger charge is -2.35. The number of hydrazine groups is 1. The zero-order valence-electron chi connectivity index (χ0n) is 6.42. The minimum Gasteiger partial charge on any atom is -0.269 e. The predicted molar refractivity (Wildman–Crippen MR) is 41.2 cm³/mol. The summed E-state index contributed by atoms with van der Waals surface area (Å²) in [5.74, 6) is 7.74. The molecule has 2 atom stereocenters. The van der Waals surface area contributed by atoms with Crippen LogP contribution < -0.4 is 5.84 Å². The maximum Gasteiger partial charge on any atom is 0.0159 e. The van der Waals surface area contributed by atoms with Crippen LogP contribution >= 0.6 is 0 Å². The quantitative estimate of drug-likeness (QED) is 0.508. The van der Waals surface area contributed by atoms with Crippen LogP contribution in [0.5, 0.6) is 0 Å². The van der Waals surface area contributed by atoms with Gasteiger partial charge in [-0.05, 0) is 37.5 Å². The maximum atomic E-state index is 5.75. The summed E-state index contributed by atoms with van der Waals surface area (Å²) in [4.78, 5) is 0. The molecule has 0 aromatic heterocycles. The molecule has 2 nitrogen and oxygen atoms in total. The average Bonchev–Trinajstić information content (AvgIpc) is 1.99. The van der Waals surface area contributed by atoms with E-state index in [1.165, 1.54) is 25.7 Å². The van der Waals surface area contributed by atoms with E-state index in [0.29, 0.717) is 0 Å². The third kappa shape index (κ3) is 1.06. The van der Waals surface area contributed by atoms with Crippen LogP contribution in [-0.4, -0.2) is 18.1 Å². The Balaban J connectivity index is 1.93. The van der Waals surface area contributed by atoms with Crippen LogP contribution in [0.15, 0.2) is 0 Å². The Morgan fingerprint density at radius 2 is 1.90 bits per heavy atom. The Kier molecular flexibility index (Phi) is 1.66. The van der Waals surface area contributed by atoms with Crippen molar-refractivity contribution in [2.24, 2.45) is 17.7 Å². The zero-order chi connectivity index (χ0) is 6.97. The highest BCUT2D eigenvalue weighted by atomic mass is 15.4. The SMILES string of the molecule is NN1CCCC2CCC2C1. The molecule has 1 aliphatic carbocycles. The first-order valence-electron chi connectivity index (χ1n) is 4.36. The lowest BCUT2D eigenvalue weighted by molar-refractivity contribution is 0.136. The Hall–Kier alpha value is -0.0800. The van der Waals surface area contributed by atoms with Gasteiger partial charge in [-0.2, -0.15) is 0 Å². The minimum atomic E-state index is 0.951. The van der Waals surface area contributed by atoms with Gasteiger partial charge in [0.2, 0.25) is 0 Å².